The maximum Gasteiger partial charge on any atom is 0.237 e. The summed E-state index contributed by atoms with van der Waals surface area (Å²) in [5, 5.41) is 3.32. The molecule has 0 aliphatic heterocycles. The summed E-state index contributed by atoms with van der Waals surface area (Å²) in [5.41, 5.74) is 5.00. The Labute approximate surface area is 130 Å². The average molecular weight is 297 g/mol. The minimum Gasteiger partial charge on any atom is -0.368 e. The van der Waals surface area contributed by atoms with E-state index in [1.165, 1.54) is 25.8 Å². The van der Waals surface area contributed by atoms with Crippen molar-refractivity contribution >= 4 is 5.91 Å². The van der Waals surface area contributed by atoms with E-state index in [2.05, 4.69) is 31.0 Å². The SMILES string of the molecule is CCN(CCCCC(C)(NC(C)C)C(N)=O)CC1CCC1. The lowest BCUT2D eigenvalue weighted by molar-refractivity contribution is -0.124. The molecule has 0 heterocycles. The second-order valence-corrected chi connectivity index (χ2v) is 7.14. The van der Waals surface area contributed by atoms with E-state index >= 15 is 0 Å². The summed E-state index contributed by atoms with van der Waals surface area (Å²) in [7, 11) is 0. The van der Waals surface area contributed by atoms with Crippen LogP contribution in [0.3, 0.4) is 0 Å². The van der Waals surface area contributed by atoms with Crippen LogP contribution in [0.1, 0.15) is 66.2 Å². The lowest BCUT2D eigenvalue weighted by atomic mass is 9.85. The van der Waals surface area contributed by atoms with Gasteiger partial charge in [-0.15, -0.1) is 0 Å². The van der Waals surface area contributed by atoms with E-state index in [4.69, 9.17) is 5.73 Å². The Morgan fingerprint density at radius 3 is 2.48 bits per heavy atom. The topological polar surface area (TPSA) is 58.4 Å². The van der Waals surface area contributed by atoms with Crippen LogP contribution < -0.4 is 11.1 Å². The van der Waals surface area contributed by atoms with Gasteiger partial charge in [0.1, 0.15) is 0 Å². The number of carbonyl (C=O) groups is 1. The van der Waals surface area contributed by atoms with Gasteiger partial charge in [-0.2, -0.15) is 0 Å². The molecule has 0 spiro atoms. The summed E-state index contributed by atoms with van der Waals surface area (Å²) in [6.07, 6.45) is 7.24. The second kappa shape index (κ2) is 8.74. The molecule has 1 rings (SSSR count). The number of carbonyl (C=O) groups excluding carboxylic acids is 1. The highest BCUT2D eigenvalue weighted by Crippen LogP contribution is 2.27. The highest BCUT2D eigenvalue weighted by Gasteiger charge is 2.30. The summed E-state index contributed by atoms with van der Waals surface area (Å²) in [6, 6.07) is 0.272. The molecular weight excluding hydrogens is 262 g/mol. The van der Waals surface area contributed by atoms with E-state index in [9.17, 15) is 4.79 Å². The standard InChI is InChI=1S/C17H35N3O/c1-5-20(13-15-9-8-10-15)12-7-6-11-17(4,16(18)21)19-14(2)3/h14-15,19H,5-13H2,1-4H3,(H2,18,21). The molecule has 0 bridgehead atoms. The molecule has 4 heteroatoms. The first kappa shape index (κ1) is 18.4. The van der Waals surface area contributed by atoms with Crippen LogP contribution in [-0.4, -0.2) is 42.0 Å². The molecule has 3 N–H and O–H groups in total. The molecule has 1 atom stereocenters. The predicted molar refractivity (Wildman–Crippen MR) is 89.2 cm³/mol. The van der Waals surface area contributed by atoms with E-state index in [0.717, 1.165) is 38.3 Å². The average Bonchev–Trinajstić information content (AvgIpc) is 2.34. The number of nitrogens with one attached hydrogen (secondary N) is 1. The van der Waals surface area contributed by atoms with Crippen molar-refractivity contribution in [2.24, 2.45) is 11.7 Å². The molecule has 21 heavy (non-hydrogen) atoms. The van der Waals surface area contributed by atoms with E-state index in [1.54, 1.807) is 0 Å². The maximum absolute atomic E-state index is 11.7. The van der Waals surface area contributed by atoms with Crippen molar-refractivity contribution in [2.75, 3.05) is 19.6 Å². The van der Waals surface area contributed by atoms with Crippen LogP contribution in [0.4, 0.5) is 0 Å². The summed E-state index contributed by atoms with van der Waals surface area (Å²) >= 11 is 0. The van der Waals surface area contributed by atoms with E-state index < -0.39 is 5.54 Å². The van der Waals surface area contributed by atoms with E-state index in [-0.39, 0.29) is 11.9 Å². The molecule has 0 aromatic rings. The van der Waals surface area contributed by atoms with Gasteiger partial charge in [0, 0.05) is 12.6 Å². The van der Waals surface area contributed by atoms with Crippen LogP contribution in [0, 0.1) is 5.92 Å². The zero-order valence-electron chi connectivity index (χ0n) is 14.5. The van der Waals surface area contributed by atoms with Gasteiger partial charge in [-0.05, 0) is 71.9 Å². The first-order valence-electron chi connectivity index (χ1n) is 8.67. The predicted octanol–water partition coefficient (Wildman–Crippen LogP) is 2.52. The largest absolute Gasteiger partial charge is 0.368 e. The Balaban J connectivity index is 2.27. The molecule has 0 saturated heterocycles. The van der Waals surface area contributed by atoms with Crippen LogP contribution in [0.15, 0.2) is 0 Å². The monoisotopic (exact) mass is 297 g/mol. The van der Waals surface area contributed by atoms with Crippen LogP contribution >= 0.6 is 0 Å². The van der Waals surface area contributed by atoms with Crippen molar-refractivity contribution in [2.45, 2.75) is 77.8 Å². The molecule has 1 aliphatic rings. The van der Waals surface area contributed by atoms with E-state index in [1.807, 2.05) is 6.92 Å². The lowest BCUT2D eigenvalue weighted by Crippen LogP contribution is -2.55. The van der Waals surface area contributed by atoms with Gasteiger partial charge in [0.25, 0.3) is 0 Å². The molecule has 124 valence electrons. The Hall–Kier alpha value is -0.610. The number of nitrogens with two attached hydrogens (primary N) is 1. The summed E-state index contributed by atoms with van der Waals surface area (Å²) in [5.74, 6) is 0.696. The Morgan fingerprint density at radius 1 is 1.38 bits per heavy atom. The fourth-order valence-electron chi connectivity index (χ4n) is 3.14. The Bertz CT molecular complexity index is 315. The van der Waals surface area contributed by atoms with Crippen LogP contribution in [0.2, 0.25) is 0 Å². The van der Waals surface area contributed by atoms with Gasteiger partial charge in [-0.25, -0.2) is 0 Å². The first-order chi connectivity index (χ1) is 9.87. The third kappa shape index (κ3) is 6.35. The molecule has 1 fully saturated rings. The van der Waals surface area contributed by atoms with Crippen molar-refractivity contribution in [1.29, 1.82) is 0 Å². The zero-order valence-corrected chi connectivity index (χ0v) is 14.5. The van der Waals surface area contributed by atoms with Gasteiger partial charge in [-0.1, -0.05) is 13.3 Å². The van der Waals surface area contributed by atoms with Gasteiger partial charge in [0.05, 0.1) is 5.54 Å². The third-order valence-electron chi connectivity index (χ3n) is 4.74. The van der Waals surface area contributed by atoms with E-state index in [0.29, 0.717) is 0 Å². The fourth-order valence-corrected chi connectivity index (χ4v) is 3.14. The maximum atomic E-state index is 11.7. The molecule has 0 aromatic heterocycles. The minimum atomic E-state index is -0.570. The molecule has 0 aromatic carbocycles. The van der Waals surface area contributed by atoms with Crippen molar-refractivity contribution in [3.05, 3.63) is 0 Å². The summed E-state index contributed by atoms with van der Waals surface area (Å²) in [4.78, 5) is 14.2. The fraction of sp³-hybridized carbons (Fsp3) is 0.941. The summed E-state index contributed by atoms with van der Waals surface area (Å²) in [6.45, 7) is 11.8. The first-order valence-corrected chi connectivity index (χ1v) is 8.67. The molecule has 1 amide bonds. The number of hydrogen-bond acceptors (Lipinski definition) is 3. The second-order valence-electron chi connectivity index (χ2n) is 7.14. The number of hydrogen-bond donors (Lipinski definition) is 2. The quantitative estimate of drug-likeness (QED) is 0.576. The molecule has 4 nitrogen and oxygen atoms in total. The smallest absolute Gasteiger partial charge is 0.237 e. The third-order valence-corrected chi connectivity index (χ3v) is 4.74. The van der Waals surface area contributed by atoms with Gasteiger partial charge < -0.3 is 16.0 Å². The van der Waals surface area contributed by atoms with Gasteiger partial charge in [-0.3, -0.25) is 4.79 Å². The number of amides is 1. The summed E-state index contributed by atoms with van der Waals surface area (Å²) < 4.78 is 0. The van der Waals surface area contributed by atoms with Crippen LogP contribution in [0.25, 0.3) is 0 Å². The highest BCUT2D eigenvalue weighted by atomic mass is 16.1. The minimum absolute atomic E-state index is 0.238. The van der Waals surface area contributed by atoms with Crippen molar-refractivity contribution in [3.8, 4) is 0 Å². The lowest BCUT2D eigenvalue weighted by Gasteiger charge is -2.32. The number of primary amides is 1. The Kier molecular flexibility index (Phi) is 7.67. The van der Waals surface area contributed by atoms with Crippen molar-refractivity contribution in [1.82, 2.24) is 10.2 Å². The van der Waals surface area contributed by atoms with Gasteiger partial charge in [0.2, 0.25) is 5.91 Å². The number of nitrogens with zero attached hydrogens (tertiary/aromatic N) is 1. The molecule has 1 saturated carbocycles. The van der Waals surface area contributed by atoms with Gasteiger partial charge in [0.15, 0.2) is 0 Å². The highest BCUT2D eigenvalue weighted by molar-refractivity contribution is 5.84. The number of rotatable bonds is 11. The van der Waals surface area contributed by atoms with Crippen molar-refractivity contribution < 1.29 is 4.79 Å². The number of unbranched alkanes of at least 4 members (excludes halogenated alkanes) is 1. The zero-order chi connectivity index (χ0) is 15.9. The van der Waals surface area contributed by atoms with Gasteiger partial charge >= 0.3 is 0 Å². The normalized spacial score (nSPS) is 18.8. The molecular formula is C17H35N3O. The molecule has 0 radical (unpaired) electrons. The van der Waals surface area contributed by atoms with Crippen LogP contribution in [-0.2, 0) is 4.79 Å². The Morgan fingerprint density at radius 2 is 2.05 bits per heavy atom. The van der Waals surface area contributed by atoms with Crippen molar-refractivity contribution in [3.63, 3.8) is 0 Å². The molecule has 1 unspecified atom stereocenters. The molecule has 1 aliphatic carbocycles. The van der Waals surface area contributed by atoms with Crippen LogP contribution in [0.5, 0.6) is 0 Å².